The lowest BCUT2D eigenvalue weighted by Crippen LogP contribution is -2.04. The summed E-state index contributed by atoms with van der Waals surface area (Å²) in [6.07, 6.45) is -3.34. The van der Waals surface area contributed by atoms with Crippen LogP contribution in [0.5, 0.6) is 5.75 Å². The Morgan fingerprint density at radius 3 is 2.55 bits per heavy atom. The van der Waals surface area contributed by atoms with Gasteiger partial charge in [-0.15, -0.1) is 0 Å². The van der Waals surface area contributed by atoms with Gasteiger partial charge < -0.3 is 9.94 Å². The fourth-order valence-corrected chi connectivity index (χ4v) is 1.68. The molecule has 0 atom stereocenters. The molecule has 0 fully saturated rings. The van der Waals surface area contributed by atoms with E-state index in [1.807, 2.05) is 0 Å². The predicted octanol–water partition coefficient (Wildman–Crippen LogP) is 3.82. The molecule has 0 spiro atoms. The van der Waals surface area contributed by atoms with E-state index in [9.17, 15) is 18.0 Å². The monoisotopic (exact) mass is 309 g/mol. The number of alkyl halides is 3. The number of hydrogen-bond donors (Lipinski definition) is 1. The number of benzene rings is 2. The van der Waals surface area contributed by atoms with Crippen LogP contribution in [0.25, 0.3) is 0 Å². The highest BCUT2D eigenvalue weighted by Crippen LogP contribution is 2.31. The van der Waals surface area contributed by atoms with Crippen molar-refractivity contribution in [2.24, 2.45) is 5.16 Å². The quantitative estimate of drug-likeness (QED) is 0.690. The van der Waals surface area contributed by atoms with Gasteiger partial charge in [0.1, 0.15) is 0 Å². The topological polar surface area (TPSA) is 58.9 Å². The third kappa shape index (κ3) is 3.85. The fourth-order valence-electron chi connectivity index (χ4n) is 1.68. The van der Waals surface area contributed by atoms with Gasteiger partial charge in [0.05, 0.1) is 17.3 Å². The average Bonchev–Trinajstić information content (AvgIpc) is 2.47. The predicted molar refractivity (Wildman–Crippen MR) is 73.1 cm³/mol. The van der Waals surface area contributed by atoms with E-state index >= 15 is 0 Å². The van der Waals surface area contributed by atoms with Crippen LogP contribution < -0.4 is 4.84 Å². The highest BCUT2D eigenvalue weighted by molar-refractivity contribution is 5.98. The number of hydrogen-bond acceptors (Lipinski definition) is 3. The molecule has 7 heteroatoms. The van der Waals surface area contributed by atoms with Gasteiger partial charge in [-0.2, -0.15) is 13.2 Å². The third-order valence-corrected chi connectivity index (χ3v) is 2.70. The molecule has 0 radical (unpaired) electrons. The van der Waals surface area contributed by atoms with E-state index in [-0.39, 0.29) is 16.9 Å². The maximum Gasteiger partial charge on any atom is 0.416 e. The minimum atomic E-state index is -4.47. The fraction of sp³-hybridized carbons (Fsp3) is 0.0667. The first-order chi connectivity index (χ1) is 10.4. The van der Waals surface area contributed by atoms with E-state index in [2.05, 4.69) is 5.16 Å². The van der Waals surface area contributed by atoms with Crippen LogP contribution in [0.1, 0.15) is 21.5 Å². The van der Waals surface area contributed by atoms with Crippen molar-refractivity contribution in [3.63, 3.8) is 0 Å². The van der Waals surface area contributed by atoms with Crippen LogP contribution in [0, 0.1) is 0 Å². The summed E-state index contributed by atoms with van der Waals surface area (Å²) in [5.41, 5.74) is -0.563. The molecule has 0 heterocycles. The van der Waals surface area contributed by atoms with Gasteiger partial charge in [-0.05, 0) is 24.3 Å². The van der Waals surface area contributed by atoms with Crippen molar-refractivity contribution in [2.45, 2.75) is 6.18 Å². The zero-order valence-corrected chi connectivity index (χ0v) is 11.0. The van der Waals surface area contributed by atoms with Crippen molar-refractivity contribution in [2.75, 3.05) is 0 Å². The molecular formula is C15H10F3NO3. The van der Waals surface area contributed by atoms with E-state index in [0.717, 1.165) is 18.3 Å². The van der Waals surface area contributed by atoms with E-state index in [1.165, 1.54) is 24.3 Å². The number of rotatable bonds is 4. The molecule has 0 unspecified atom stereocenters. The Morgan fingerprint density at radius 2 is 1.86 bits per heavy atom. The first-order valence-electron chi connectivity index (χ1n) is 6.08. The molecule has 2 rings (SSSR count). The van der Waals surface area contributed by atoms with Crippen molar-refractivity contribution in [3.05, 3.63) is 65.2 Å². The maximum absolute atomic E-state index is 12.5. The molecule has 1 N–H and O–H groups in total. The van der Waals surface area contributed by atoms with Crippen LogP contribution in [0.2, 0.25) is 0 Å². The molecule has 2 aromatic carbocycles. The minimum absolute atomic E-state index is 0.0129. The lowest BCUT2D eigenvalue weighted by molar-refractivity contribution is -0.137. The Hall–Kier alpha value is -2.83. The van der Waals surface area contributed by atoms with Gasteiger partial charge >= 0.3 is 12.1 Å². The summed E-state index contributed by atoms with van der Waals surface area (Å²) in [5.74, 6) is -1.24. The van der Waals surface area contributed by atoms with Gasteiger partial charge in [-0.1, -0.05) is 29.4 Å². The number of carboxylic acid groups (broad SMARTS) is 1. The summed E-state index contributed by atoms with van der Waals surface area (Å²) in [5, 5.41) is 12.5. The SMILES string of the molecule is O=C(O)c1ccccc1/C=N/Oc1cccc(C(F)(F)F)c1. The smallest absolute Gasteiger partial charge is 0.416 e. The van der Waals surface area contributed by atoms with Crippen LogP contribution in [-0.4, -0.2) is 17.3 Å². The largest absolute Gasteiger partial charge is 0.478 e. The molecule has 22 heavy (non-hydrogen) atoms. The Morgan fingerprint density at radius 1 is 1.14 bits per heavy atom. The number of carboxylic acids is 1. The second kappa shape index (κ2) is 6.30. The third-order valence-electron chi connectivity index (χ3n) is 2.70. The van der Waals surface area contributed by atoms with Crippen LogP contribution in [0.4, 0.5) is 13.2 Å². The van der Waals surface area contributed by atoms with Gasteiger partial charge in [-0.3, -0.25) is 0 Å². The minimum Gasteiger partial charge on any atom is -0.478 e. The lowest BCUT2D eigenvalue weighted by Gasteiger charge is -2.07. The number of aromatic carboxylic acids is 1. The summed E-state index contributed by atoms with van der Waals surface area (Å²) in [6, 6.07) is 10.3. The molecule has 0 saturated carbocycles. The van der Waals surface area contributed by atoms with Crippen LogP contribution in [0.3, 0.4) is 0 Å². The maximum atomic E-state index is 12.5. The zero-order chi connectivity index (χ0) is 16.2. The molecule has 0 amide bonds. The summed E-state index contributed by atoms with van der Waals surface area (Å²) >= 11 is 0. The highest BCUT2D eigenvalue weighted by atomic mass is 19.4. The van der Waals surface area contributed by atoms with E-state index in [1.54, 1.807) is 12.1 Å². The lowest BCUT2D eigenvalue weighted by atomic mass is 10.1. The normalized spacial score (nSPS) is 11.6. The van der Waals surface area contributed by atoms with Crippen molar-refractivity contribution in [1.29, 1.82) is 0 Å². The summed E-state index contributed by atoms with van der Waals surface area (Å²) < 4.78 is 37.6. The van der Waals surface area contributed by atoms with Gasteiger partial charge in [0.2, 0.25) is 0 Å². The Balaban J connectivity index is 2.15. The van der Waals surface area contributed by atoms with Gasteiger partial charge in [-0.25, -0.2) is 4.79 Å². The summed E-state index contributed by atoms with van der Waals surface area (Å²) in [7, 11) is 0. The van der Waals surface area contributed by atoms with Crippen molar-refractivity contribution < 1.29 is 27.9 Å². The second-order valence-electron chi connectivity index (χ2n) is 4.24. The molecule has 4 nitrogen and oxygen atoms in total. The summed E-state index contributed by atoms with van der Waals surface area (Å²) in [4.78, 5) is 15.8. The summed E-state index contributed by atoms with van der Waals surface area (Å²) in [6.45, 7) is 0. The van der Waals surface area contributed by atoms with Crippen molar-refractivity contribution in [1.82, 2.24) is 0 Å². The molecule has 0 aliphatic heterocycles. The average molecular weight is 309 g/mol. The highest BCUT2D eigenvalue weighted by Gasteiger charge is 2.30. The number of oxime groups is 1. The molecule has 0 aromatic heterocycles. The molecule has 0 aliphatic carbocycles. The second-order valence-corrected chi connectivity index (χ2v) is 4.24. The van der Waals surface area contributed by atoms with Crippen LogP contribution >= 0.6 is 0 Å². The molecular weight excluding hydrogens is 299 g/mol. The van der Waals surface area contributed by atoms with Crippen molar-refractivity contribution in [3.8, 4) is 5.75 Å². The molecule has 0 aliphatic rings. The molecule has 0 bridgehead atoms. The standard InChI is InChI=1S/C15H10F3NO3/c16-15(17,18)11-5-3-6-12(8-11)22-19-9-10-4-1-2-7-13(10)14(20)21/h1-9H,(H,20,21)/b19-9+. The van der Waals surface area contributed by atoms with Crippen LogP contribution in [0.15, 0.2) is 53.7 Å². The Labute approximate surface area is 123 Å². The molecule has 114 valence electrons. The number of halogens is 3. The zero-order valence-electron chi connectivity index (χ0n) is 11.0. The first-order valence-corrected chi connectivity index (χ1v) is 6.08. The van der Waals surface area contributed by atoms with Gasteiger partial charge in [0.25, 0.3) is 0 Å². The van der Waals surface area contributed by atoms with E-state index < -0.39 is 17.7 Å². The van der Waals surface area contributed by atoms with E-state index in [4.69, 9.17) is 9.94 Å². The van der Waals surface area contributed by atoms with E-state index in [0.29, 0.717) is 0 Å². The van der Waals surface area contributed by atoms with Crippen LogP contribution in [-0.2, 0) is 6.18 Å². The number of carbonyl (C=O) groups is 1. The first kappa shape index (κ1) is 15.6. The molecule has 0 saturated heterocycles. The van der Waals surface area contributed by atoms with Gasteiger partial charge in [0.15, 0.2) is 5.75 Å². The van der Waals surface area contributed by atoms with Crippen molar-refractivity contribution >= 4 is 12.2 Å². The Bertz CT molecular complexity index is 711. The van der Waals surface area contributed by atoms with Gasteiger partial charge in [0, 0.05) is 5.56 Å². The Kier molecular flexibility index (Phi) is 4.45. The number of nitrogens with zero attached hydrogens (tertiary/aromatic N) is 1. The molecule has 2 aromatic rings.